The van der Waals surface area contributed by atoms with Gasteiger partial charge in [-0.05, 0) is 56.5 Å². The van der Waals surface area contributed by atoms with Crippen molar-refractivity contribution < 1.29 is 23.4 Å². The van der Waals surface area contributed by atoms with Crippen LogP contribution in [-0.4, -0.2) is 43.8 Å². The zero-order valence-electron chi connectivity index (χ0n) is 20.8. The Morgan fingerprint density at radius 2 is 1.83 bits per heavy atom. The number of para-hydroxylation sites is 1. The van der Waals surface area contributed by atoms with Gasteiger partial charge in [-0.15, -0.1) is 0 Å². The molecule has 7 nitrogen and oxygen atoms in total. The number of fused-ring (bicyclic) bond motifs is 2. The van der Waals surface area contributed by atoms with E-state index in [4.69, 9.17) is 18.6 Å². The van der Waals surface area contributed by atoms with Crippen LogP contribution in [0, 0.1) is 0 Å². The number of hydrogen-bond donors (Lipinski definition) is 0. The molecule has 0 saturated carbocycles. The average molecular weight is 480 g/mol. The number of rotatable bonds is 11. The summed E-state index contributed by atoms with van der Waals surface area (Å²) >= 11 is 0. The maximum Gasteiger partial charge on any atom is 0.290 e. The standard InChI is InChI=1S/C28H33NO6/c1-5-6-15-34-22-13-12-19(17-23(22)32-4)25-24-26(30)20-10-7-8-11-21(20)35-27(24)28(31)29(25)14-9-16-33-18(2)3/h7-8,10-13,17-18,25H,5-6,9,14-16H2,1-4H3. The van der Waals surface area contributed by atoms with Crippen LogP contribution in [0.25, 0.3) is 11.0 Å². The number of hydrogen-bond acceptors (Lipinski definition) is 6. The summed E-state index contributed by atoms with van der Waals surface area (Å²) in [4.78, 5) is 28.8. The lowest BCUT2D eigenvalue weighted by Gasteiger charge is -2.26. The van der Waals surface area contributed by atoms with E-state index in [0.717, 1.165) is 18.4 Å². The minimum Gasteiger partial charge on any atom is -0.493 e. The second-order valence-corrected chi connectivity index (χ2v) is 8.96. The average Bonchev–Trinajstić information content (AvgIpc) is 3.14. The van der Waals surface area contributed by atoms with Crippen LogP contribution >= 0.6 is 0 Å². The van der Waals surface area contributed by atoms with E-state index in [1.807, 2.05) is 32.0 Å². The van der Waals surface area contributed by atoms with Crippen molar-refractivity contribution in [2.24, 2.45) is 0 Å². The molecule has 0 aliphatic carbocycles. The van der Waals surface area contributed by atoms with E-state index in [1.165, 1.54) is 0 Å². The summed E-state index contributed by atoms with van der Waals surface area (Å²) in [7, 11) is 1.59. The van der Waals surface area contributed by atoms with Crippen molar-refractivity contribution >= 4 is 16.9 Å². The molecule has 1 unspecified atom stereocenters. The van der Waals surface area contributed by atoms with E-state index in [9.17, 15) is 9.59 Å². The third-order valence-electron chi connectivity index (χ3n) is 6.13. The number of carbonyl (C=O) groups is 1. The monoisotopic (exact) mass is 479 g/mol. The van der Waals surface area contributed by atoms with Crippen molar-refractivity contribution in [3.8, 4) is 11.5 Å². The van der Waals surface area contributed by atoms with Gasteiger partial charge in [0, 0.05) is 13.2 Å². The predicted octanol–water partition coefficient (Wildman–Crippen LogP) is 5.34. The summed E-state index contributed by atoms with van der Waals surface area (Å²) < 4.78 is 23.2. The third kappa shape index (κ3) is 5.05. The fourth-order valence-electron chi connectivity index (χ4n) is 4.40. The minimum absolute atomic E-state index is 0.103. The summed E-state index contributed by atoms with van der Waals surface area (Å²) in [6.07, 6.45) is 2.71. The van der Waals surface area contributed by atoms with Gasteiger partial charge < -0.3 is 23.5 Å². The highest BCUT2D eigenvalue weighted by molar-refractivity contribution is 5.99. The third-order valence-corrected chi connectivity index (χ3v) is 6.13. The van der Waals surface area contributed by atoms with E-state index < -0.39 is 6.04 Å². The van der Waals surface area contributed by atoms with Gasteiger partial charge in [-0.1, -0.05) is 31.5 Å². The number of methoxy groups -OCH3 is 1. The molecule has 1 atom stereocenters. The maximum atomic E-state index is 13.6. The van der Waals surface area contributed by atoms with Crippen LogP contribution in [0.2, 0.25) is 0 Å². The van der Waals surface area contributed by atoms with Crippen molar-refractivity contribution in [3.05, 3.63) is 69.6 Å². The van der Waals surface area contributed by atoms with E-state index >= 15 is 0 Å². The SMILES string of the molecule is CCCCOc1ccc(C2c3c(oc4ccccc4c3=O)C(=O)N2CCCOC(C)C)cc1OC. The van der Waals surface area contributed by atoms with Gasteiger partial charge in [-0.25, -0.2) is 0 Å². The number of ether oxygens (including phenoxy) is 3. The fraction of sp³-hybridized carbons (Fsp3) is 0.429. The summed E-state index contributed by atoms with van der Waals surface area (Å²) in [6.45, 7) is 7.59. The van der Waals surface area contributed by atoms with Gasteiger partial charge in [0.15, 0.2) is 16.9 Å². The molecule has 0 N–H and O–H groups in total. The van der Waals surface area contributed by atoms with Gasteiger partial charge in [0.25, 0.3) is 5.91 Å². The molecule has 0 bridgehead atoms. The highest BCUT2D eigenvalue weighted by Crippen LogP contribution is 2.41. The van der Waals surface area contributed by atoms with Crippen LogP contribution in [0.15, 0.2) is 51.7 Å². The molecule has 1 aromatic heterocycles. The molecule has 186 valence electrons. The molecule has 2 aromatic carbocycles. The van der Waals surface area contributed by atoms with Gasteiger partial charge in [0.05, 0.1) is 36.8 Å². The smallest absolute Gasteiger partial charge is 0.290 e. The topological polar surface area (TPSA) is 78.2 Å². The molecule has 1 aliphatic heterocycles. The molecule has 1 aliphatic rings. The second-order valence-electron chi connectivity index (χ2n) is 8.96. The molecular weight excluding hydrogens is 446 g/mol. The van der Waals surface area contributed by atoms with Crippen LogP contribution < -0.4 is 14.9 Å². The normalized spacial score (nSPS) is 15.2. The molecule has 0 saturated heterocycles. The Bertz CT molecular complexity index is 1250. The molecule has 3 aromatic rings. The largest absolute Gasteiger partial charge is 0.493 e. The number of carbonyl (C=O) groups excluding carboxylic acids is 1. The zero-order chi connectivity index (χ0) is 24.9. The molecule has 0 radical (unpaired) electrons. The van der Waals surface area contributed by atoms with Crippen LogP contribution in [0.1, 0.15) is 67.8 Å². The molecule has 35 heavy (non-hydrogen) atoms. The first-order chi connectivity index (χ1) is 17.0. The van der Waals surface area contributed by atoms with Crippen molar-refractivity contribution in [1.29, 1.82) is 0 Å². The van der Waals surface area contributed by atoms with Crippen LogP contribution in [0.3, 0.4) is 0 Å². The lowest BCUT2D eigenvalue weighted by molar-refractivity contribution is 0.0593. The molecule has 7 heteroatoms. The van der Waals surface area contributed by atoms with Gasteiger partial charge in [-0.3, -0.25) is 9.59 Å². The minimum atomic E-state index is -0.587. The first kappa shape index (κ1) is 24.8. The molecular formula is C28H33NO6. The maximum absolute atomic E-state index is 13.6. The summed E-state index contributed by atoms with van der Waals surface area (Å²) in [5.74, 6) is 1.01. The molecule has 0 spiro atoms. The van der Waals surface area contributed by atoms with E-state index in [0.29, 0.717) is 54.2 Å². The lowest BCUT2D eigenvalue weighted by atomic mass is 9.98. The number of nitrogens with zero attached hydrogens (tertiary/aromatic N) is 1. The Balaban J connectivity index is 1.76. The van der Waals surface area contributed by atoms with E-state index in [2.05, 4.69) is 6.92 Å². The lowest BCUT2D eigenvalue weighted by Crippen LogP contribution is -2.31. The van der Waals surface area contributed by atoms with Gasteiger partial charge in [-0.2, -0.15) is 0 Å². The van der Waals surface area contributed by atoms with Crippen LogP contribution in [-0.2, 0) is 4.74 Å². The van der Waals surface area contributed by atoms with Crippen LogP contribution in [0.5, 0.6) is 11.5 Å². The van der Waals surface area contributed by atoms with E-state index in [-0.39, 0.29) is 23.2 Å². The summed E-state index contributed by atoms with van der Waals surface area (Å²) in [5.41, 5.74) is 1.35. The second kappa shape index (κ2) is 11.0. The first-order valence-electron chi connectivity index (χ1n) is 12.2. The Morgan fingerprint density at radius 1 is 1.03 bits per heavy atom. The molecule has 1 amide bonds. The molecule has 2 heterocycles. The van der Waals surface area contributed by atoms with E-state index in [1.54, 1.807) is 36.3 Å². The summed E-state index contributed by atoms with van der Waals surface area (Å²) in [5, 5.41) is 0.459. The number of amides is 1. The first-order valence-corrected chi connectivity index (χ1v) is 12.2. The number of unbranched alkanes of at least 4 members (excludes halogenated alkanes) is 1. The Hall–Kier alpha value is -3.32. The molecule has 4 rings (SSSR count). The Morgan fingerprint density at radius 3 is 2.57 bits per heavy atom. The summed E-state index contributed by atoms with van der Waals surface area (Å²) in [6, 6.07) is 12.0. The zero-order valence-corrected chi connectivity index (χ0v) is 20.8. The Kier molecular flexibility index (Phi) is 7.76. The quantitative estimate of drug-likeness (QED) is 0.346. The molecule has 0 fully saturated rings. The predicted molar refractivity (Wildman–Crippen MR) is 134 cm³/mol. The van der Waals surface area contributed by atoms with Gasteiger partial charge >= 0.3 is 0 Å². The highest BCUT2D eigenvalue weighted by Gasteiger charge is 2.42. The van der Waals surface area contributed by atoms with Gasteiger partial charge in [0.1, 0.15) is 5.58 Å². The van der Waals surface area contributed by atoms with Crippen LogP contribution in [0.4, 0.5) is 0 Å². The Labute approximate surface area is 205 Å². The fourth-order valence-corrected chi connectivity index (χ4v) is 4.40. The highest BCUT2D eigenvalue weighted by atomic mass is 16.5. The van der Waals surface area contributed by atoms with Crippen molar-refractivity contribution in [1.82, 2.24) is 4.90 Å². The van der Waals surface area contributed by atoms with Crippen molar-refractivity contribution in [2.45, 2.75) is 52.2 Å². The van der Waals surface area contributed by atoms with Crippen molar-refractivity contribution in [2.75, 3.05) is 26.9 Å². The van der Waals surface area contributed by atoms with Crippen molar-refractivity contribution in [3.63, 3.8) is 0 Å². The van der Waals surface area contributed by atoms with Gasteiger partial charge in [0.2, 0.25) is 5.76 Å². The number of benzene rings is 2.